The summed E-state index contributed by atoms with van der Waals surface area (Å²) < 4.78 is 1.69. The Morgan fingerprint density at radius 3 is 2.74 bits per heavy atom. The molecule has 0 fully saturated rings. The second-order valence-corrected chi connectivity index (χ2v) is 4.43. The Balaban J connectivity index is 2.02. The van der Waals surface area contributed by atoms with E-state index in [1.807, 2.05) is 24.3 Å². The van der Waals surface area contributed by atoms with E-state index in [4.69, 9.17) is 10.8 Å². The highest BCUT2D eigenvalue weighted by Gasteiger charge is 2.10. The molecule has 0 spiro atoms. The van der Waals surface area contributed by atoms with Gasteiger partial charge in [-0.25, -0.2) is 0 Å². The molecule has 5 nitrogen and oxygen atoms in total. The zero-order valence-electron chi connectivity index (χ0n) is 10.8. The number of benzene rings is 1. The molecule has 0 bridgehead atoms. The number of nitrogen functional groups attached to an aromatic ring is 1. The van der Waals surface area contributed by atoms with E-state index in [-0.39, 0.29) is 12.5 Å². The zero-order valence-corrected chi connectivity index (χ0v) is 10.8. The molecule has 0 aliphatic rings. The molecule has 0 atom stereocenters. The van der Waals surface area contributed by atoms with Crippen molar-refractivity contribution in [2.75, 3.05) is 5.73 Å². The van der Waals surface area contributed by atoms with Crippen LogP contribution in [0.5, 0.6) is 0 Å². The number of anilines is 1. The standard InChI is InChI=1S/C14H17N3O2/c1-17-8-12(15)6-13(17)14(19)16-7-10-3-2-4-11(5-10)9-18/h2-6,8,18H,7,9,15H2,1H3,(H,16,19). The first kappa shape index (κ1) is 13.2. The van der Waals surface area contributed by atoms with Crippen molar-refractivity contribution in [2.24, 2.45) is 7.05 Å². The summed E-state index contributed by atoms with van der Waals surface area (Å²) in [5.74, 6) is -0.173. The van der Waals surface area contributed by atoms with Gasteiger partial charge in [0.2, 0.25) is 0 Å². The van der Waals surface area contributed by atoms with Crippen LogP contribution in [-0.4, -0.2) is 15.6 Å². The maximum atomic E-state index is 12.0. The van der Waals surface area contributed by atoms with E-state index in [2.05, 4.69) is 5.32 Å². The van der Waals surface area contributed by atoms with Crippen molar-refractivity contribution < 1.29 is 9.90 Å². The van der Waals surface area contributed by atoms with Crippen molar-refractivity contribution in [1.82, 2.24) is 9.88 Å². The van der Waals surface area contributed by atoms with Crippen LogP contribution in [0.15, 0.2) is 36.5 Å². The predicted molar refractivity (Wildman–Crippen MR) is 73.4 cm³/mol. The van der Waals surface area contributed by atoms with E-state index in [0.29, 0.717) is 17.9 Å². The number of hydrogen-bond donors (Lipinski definition) is 3. The van der Waals surface area contributed by atoms with Gasteiger partial charge in [0, 0.05) is 19.8 Å². The predicted octanol–water partition coefficient (Wildman–Crippen LogP) is 1.03. The van der Waals surface area contributed by atoms with Crippen LogP contribution in [0, 0.1) is 0 Å². The number of amides is 1. The highest BCUT2D eigenvalue weighted by atomic mass is 16.3. The van der Waals surface area contributed by atoms with Crippen molar-refractivity contribution in [3.8, 4) is 0 Å². The van der Waals surface area contributed by atoms with Crippen molar-refractivity contribution in [3.63, 3.8) is 0 Å². The van der Waals surface area contributed by atoms with Gasteiger partial charge in [-0.15, -0.1) is 0 Å². The van der Waals surface area contributed by atoms with Gasteiger partial charge in [0.1, 0.15) is 5.69 Å². The summed E-state index contributed by atoms with van der Waals surface area (Å²) in [6.07, 6.45) is 1.70. The second kappa shape index (κ2) is 5.58. The number of aliphatic hydroxyl groups is 1. The fraction of sp³-hybridized carbons (Fsp3) is 0.214. The average molecular weight is 259 g/mol. The molecule has 19 heavy (non-hydrogen) atoms. The lowest BCUT2D eigenvalue weighted by Gasteiger charge is -2.07. The molecule has 1 aromatic carbocycles. The SMILES string of the molecule is Cn1cc(N)cc1C(=O)NCc1cccc(CO)c1. The van der Waals surface area contributed by atoms with Crippen LogP contribution in [-0.2, 0) is 20.2 Å². The van der Waals surface area contributed by atoms with Gasteiger partial charge in [0.25, 0.3) is 5.91 Å². The second-order valence-electron chi connectivity index (χ2n) is 4.43. The minimum Gasteiger partial charge on any atom is -0.397 e. The highest BCUT2D eigenvalue weighted by molar-refractivity contribution is 5.93. The van der Waals surface area contributed by atoms with E-state index in [1.54, 1.807) is 23.9 Å². The number of carbonyl (C=O) groups excluding carboxylic acids is 1. The van der Waals surface area contributed by atoms with E-state index >= 15 is 0 Å². The van der Waals surface area contributed by atoms with Crippen LogP contribution in [0.25, 0.3) is 0 Å². The minimum absolute atomic E-state index is 0.00384. The number of aliphatic hydroxyl groups excluding tert-OH is 1. The lowest BCUT2D eigenvalue weighted by Crippen LogP contribution is -2.24. The zero-order chi connectivity index (χ0) is 13.8. The van der Waals surface area contributed by atoms with Crippen molar-refractivity contribution in [3.05, 3.63) is 53.3 Å². The molecule has 4 N–H and O–H groups in total. The Bertz CT molecular complexity index is 590. The number of hydrogen-bond acceptors (Lipinski definition) is 3. The first-order valence-corrected chi connectivity index (χ1v) is 5.99. The third-order valence-electron chi connectivity index (χ3n) is 2.89. The Kier molecular flexibility index (Phi) is 3.87. The van der Waals surface area contributed by atoms with Gasteiger partial charge in [-0.3, -0.25) is 4.79 Å². The van der Waals surface area contributed by atoms with Crippen LogP contribution in [0.3, 0.4) is 0 Å². The summed E-state index contributed by atoms with van der Waals surface area (Å²) in [6.45, 7) is 0.411. The van der Waals surface area contributed by atoms with Gasteiger partial charge in [-0.1, -0.05) is 24.3 Å². The maximum absolute atomic E-state index is 12.0. The third kappa shape index (κ3) is 3.14. The number of carbonyl (C=O) groups is 1. The van der Waals surface area contributed by atoms with E-state index in [1.165, 1.54) is 0 Å². The van der Waals surface area contributed by atoms with Gasteiger partial charge >= 0.3 is 0 Å². The van der Waals surface area contributed by atoms with Crippen molar-refractivity contribution in [1.29, 1.82) is 0 Å². The largest absolute Gasteiger partial charge is 0.397 e. The van der Waals surface area contributed by atoms with Gasteiger partial charge < -0.3 is 20.7 Å². The van der Waals surface area contributed by atoms with Gasteiger partial charge in [-0.2, -0.15) is 0 Å². The number of nitrogens with one attached hydrogen (secondary N) is 1. The first-order valence-electron chi connectivity index (χ1n) is 5.99. The molecule has 1 amide bonds. The average Bonchev–Trinajstić information content (AvgIpc) is 2.75. The van der Waals surface area contributed by atoms with Gasteiger partial charge in [0.05, 0.1) is 12.3 Å². The van der Waals surface area contributed by atoms with Crippen LogP contribution >= 0.6 is 0 Å². The third-order valence-corrected chi connectivity index (χ3v) is 2.89. The molecular weight excluding hydrogens is 242 g/mol. The molecule has 0 saturated heterocycles. The fourth-order valence-electron chi connectivity index (χ4n) is 1.93. The Morgan fingerprint density at radius 1 is 1.37 bits per heavy atom. The topological polar surface area (TPSA) is 80.3 Å². The molecule has 0 aliphatic heterocycles. The number of rotatable bonds is 4. The quantitative estimate of drug-likeness (QED) is 0.767. The lowest BCUT2D eigenvalue weighted by molar-refractivity contribution is 0.0943. The Morgan fingerprint density at radius 2 is 2.11 bits per heavy atom. The smallest absolute Gasteiger partial charge is 0.268 e. The molecule has 0 saturated carbocycles. The van der Waals surface area contributed by atoms with Gasteiger partial charge in [0.15, 0.2) is 0 Å². The van der Waals surface area contributed by atoms with Crippen molar-refractivity contribution >= 4 is 11.6 Å². The monoisotopic (exact) mass is 259 g/mol. The highest BCUT2D eigenvalue weighted by Crippen LogP contribution is 2.09. The van der Waals surface area contributed by atoms with Gasteiger partial charge in [-0.05, 0) is 17.2 Å². The van der Waals surface area contributed by atoms with Crippen LogP contribution < -0.4 is 11.1 Å². The lowest BCUT2D eigenvalue weighted by atomic mass is 10.1. The van der Waals surface area contributed by atoms with Crippen LogP contribution in [0.4, 0.5) is 5.69 Å². The molecule has 0 radical (unpaired) electrons. The van der Waals surface area contributed by atoms with E-state index in [9.17, 15) is 4.79 Å². The number of nitrogens with zero attached hydrogens (tertiary/aromatic N) is 1. The van der Waals surface area contributed by atoms with E-state index in [0.717, 1.165) is 11.1 Å². The molecule has 1 heterocycles. The van der Waals surface area contributed by atoms with Crippen LogP contribution in [0.2, 0.25) is 0 Å². The molecule has 1 aromatic heterocycles. The molecule has 5 heteroatoms. The molecule has 2 rings (SSSR count). The number of aryl methyl sites for hydroxylation is 1. The minimum atomic E-state index is -0.173. The number of aromatic nitrogens is 1. The first-order chi connectivity index (χ1) is 9.10. The maximum Gasteiger partial charge on any atom is 0.268 e. The van der Waals surface area contributed by atoms with E-state index < -0.39 is 0 Å². The summed E-state index contributed by atoms with van der Waals surface area (Å²) in [5.41, 5.74) is 8.50. The Labute approximate surface area is 111 Å². The summed E-state index contributed by atoms with van der Waals surface area (Å²) >= 11 is 0. The normalized spacial score (nSPS) is 10.4. The molecule has 0 unspecified atom stereocenters. The summed E-state index contributed by atoms with van der Waals surface area (Å²) in [5, 5.41) is 11.9. The molecule has 0 aliphatic carbocycles. The summed E-state index contributed by atoms with van der Waals surface area (Å²) in [7, 11) is 1.78. The summed E-state index contributed by atoms with van der Waals surface area (Å²) in [4.78, 5) is 12.0. The Hall–Kier alpha value is -2.27. The fourth-order valence-corrected chi connectivity index (χ4v) is 1.93. The number of nitrogens with two attached hydrogens (primary N) is 1. The molecule has 100 valence electrons. The van der Waals surface area contributed by atoms with Crippen LogP contribution in [0.1, 0.15) is 21.6 Å². The molecule has 2 aromatic rings. The van der Waals surface area contributed by atoms with Crippen molar-refractivity contribution in [2.45, 2.75) is 13.2 Å². The molecular formula is C14H17N3O2. The summed E-state index contributed by atoms with van der Waals surface area (Å²) in [6, 6.07) is 9.09.